The van der Waals surface area contributed by atoms with Crippen molar-refractivity contribution in [3.05, 3.63) is 83.4 Å². The van der Waals surface area contributed by atoms with Gasteiger partial charge in [-0.2, -0.15) is 13.2 Å². The van der Waals surface area contributed by atoms with Gasteiger partial charge in [-0.25, -0.2) is 14.4 Å². The molecular weight excluding hydrogens is 609 g/mol. The highest BCUT2D eigenvalue weighted by Gasteiger charge is 2.26. The van der Waals surface area contributed by atoms with Crippen LogP contribution in [0.15, 0.2) is 66.7 Å². The van der Waals surface area contributed by atoms with Crippen LogP contribution in [0.5, 0.6) is 17.2 Å². The molecule has 0 aliphatic rings. The highest BCUT2D eigenvalue weighted by atomic mass is 19.4. The van der Waals surface area contributed by atoms with Crippen LogP contribution in [-0.4, -0.2) is 49.0 Å². The standard InChI is InChI=1S/C33H35F3N2O8/c34-33(35,36)16-5-19-43-25-13-9-23(10-14-25)32(42)46-26-11-6-22(7-12-26)8-15-29(39)44-17-3-1-2-4-18-45-30-27(37)20-24(31(40)41)21-28(30)38/h6-15,20-21H,1-5,16-19,37-38H2,(H,40,41)/b15-8+. The van der Waals surface area contributed by atoms with Crippen molar-refractivity contribution < 1.29 is 51.6 Å². The molecule has 0 fully saturated rings. The zero-order valence-electron chi connectivity index (χ0n) is 24.9. The minimum atomic E-state index is -4.23. The number of alkyl halides is 3. The molecule has 0 atom stereocenters. The zero-order chi connectivity index (χ0) is 33.5. The van der Waals surface area contributed by atoms with E-state index >= 15 is 0 Å². The van der Waals surface area contributed by atoms with Crippen LogP contribution < -0.4 is 25.7 Å². The third-order valence-corrected chi connectivity index (χ3v) is 6.39. The van der Waals surface area contributed by atoms with E-state index < -0.39 is 30.5 Å². The maximum Gasteiger partial charge on any atom is 0.389 e. The maximum atomic E-state index is 12.4. The number of hydrogen-bond acceptors (Lipinski definition) is 9. The first kappa shape index (κ1) is 35.3. The van der Waals surface area contributed by atoms with E-state index in [1.807, 2.05) is 0 Å². The second kappa shape index (κ2) is 17.3. The minimum absolute atomic E-state index is 0.0102. The lowest BCUT2D eigenvalue weighted by Crippen LogP contribution is -2.10. The molecule has 3 aromatic rings. The number of carbonyl (C=O) groups is 3. The summed E-state index contributed by atoms with van der Waals surface area (Å²) in [4.78, 5) is 35.5. The van der Waals surface area contributed by atoms with Crippen molar-refractivity contribution in [2.24, 2.45) is 0 Å². The Kier molecular flexibility index (Phi) is 13.3. The van der Waals surface area contributed by atoms with Crippen LogP contribution in [0.25, 0.3) is 6.08 Å². The summed E-state index contributed by atoms with van der Waals surface area (Å²) in [6, 6.07) is 14.9. The van der Waals surface area contributed by atoms with Crippen molar-refractivity contribution in [3.8, 4) is 17.2 Å². The number of unbranched alkanes of at least 4 members (excludes halogenated alkanes) is 3. The van der Waals surface area contributed by atoms with Crippen molar-refractivity contribution in [1.82, 2.24) is 0 Å². The van der Waals surface area contributed by atoms with Crippen LogP contribution in [0.2, 0.25) is 0 Å². The second-order valence-corrected chi connectivity index (χ2v) is 10.1. The number of aromatic carboxylic acids is 1. The lowest BCUT2D eigenvalue weighted by molar-refractivity contribution is -0.138. The summed E-state index contributed by atoms with van der Waals surface area (Å²) in [5.74, 6) is -1.35. The first-order chi connectivity index (χ1) is 21.9. The summed E-state index contributed by atoms with van der Waals surface area (Å²) in [7, 11) is 0. The molecule has 0 unspecified atom stereocenters. The Hall–Kier alpha value is -5.20. The Morgan fingerprint density at radius 3 is 1.93 bits per heavy atom. The third-order valence-electron chi connectivity index (χ3n) is 6.39. The van der Waals surface area contributed by atoms with E-state index in [4.69, 9.17) is 35.5 Å². The molecule has 0 saturated heterocycles. The molecule has 0 radical (unpaired) electrons. The molecule has 3 aromatic carbocycles. The molecule has 0 aliphatic heterocycles. The summed E-state index contributed by atoms with van der Waals surface area (Å²) in [6.07, 6.45) is 0.523. The number of anilines is 2. The van der Waals surface area contributed by atoms with Gasteiger partial charge in [0.1, 0.15) is 11.5 Å². The Balaban J connectivity index is 1.29. The van der Waals surface area contributed by atoms with E-state index in [-0.39, 0.29) is 53.6 Å². The van der Waals surface area contributed by atoms with Gasteiger partial charge in [0.25, 0.3) is 0 Å². The van der Waals surface area contributed by atoms with Gasteiger partial charge in [-0.05, 0) is 92.3 Å². The molecule has 0 amide bonds. The van der Waals surface area contributed by atoms with Crippen molar-refractivity contribution in [2.45, 2.75) is 44.7 Å². The monoisotopic (exact) mass is 644 g/mol. The normalized spacial score (nSPS) is 11.3. The van der Waals surface area contributed by atoms with E-state index in [0.717, 1.165) is 12.8 Å². The fourth-order valence-electron chi connectivity index (χ4n) is 4.04. The van der Waals surface area contributed by atoms with E-state index in [9.17, 15) is 27.6 Å². The SMILES string of the molecule is Nc1cc(C(=O)O)cc(N)c1OCCCCCCOC(=O)/C=C/c1ccc(OC(=O)c2ccc(OCCCC(F)(F)F)cc2)cc1. The number of ether oxygens (including phenoxy) is 4. The number of carboxylic acid groups (broad SMARTS) is 1. The lowest BCUT2D eigenvalue weighted by Gasteiger charge is -2.12. The average Bonchev–Trinajstić information content (AvgIpc) is 3.01. The number of esters is 2. The van der Waals surface area contributed by atoms with Crippen molar-refractivity contribution in [3.63, 3.8) is 0 Å². The predicted octanol–water partition coefficient (Wildman–Crippen LogP) is 6.69. The number of carbonyl (C=O) groups excluding carboxylic acids is 2. The Bertz CT molecular complexity index is 1470. The molecule has 10 nitrogen and oxygen atoms in total. The molecule has 0 aliphatic carbocycles. The van der Waals surface area contributed by atoms with Crippen LogP contribution >= 0.6 is 0 Å². The number of nitrogens with two attached hydrogens (primary N) is 2. The van der Waals surface area contributed by atoms with Gasteiger partial charge in [-0.15, -0.1) is 0 Å². The van der Waals surface area contributed by atoms with E-state index in [1.54, 1.807) is 30.3 Å². The third kappa shape index (κ3) is 12.4. The lowest BCUT2D eigenvalue weighted by atomic mass is 10.1. The Morgan fingerprint density at radius 1 is 0.739 bits per heavy atom. The number of rotatable bonds is 17. The van der Waals surface area contributed by atoms with Gasteiger partial charge in [-0.1, -0.05) is 12.1 Å². The van der Waals surface area contributed by atoms with E-state index in [2.05, 4.69) is 0 Å². The molecule has 0 spiro atoms. The van der Waals surface area contributed by atoms with Gasteiger partial charge in [0.05, 0.1) is 42.3 Å². The van der Waals surface area contributed by atoms with Gasteiger partial charge in [0.15, 0.2) is 5.75 Å². The molecule has 0 bridgehead atoms. The average molecular weight is 645 g/mol. The highest BCUT2D eigenvalue weighted by molar-refractivity contribution is 5.92. The predicted molar refractivity (Wildman–Crippen MR) is 165 cm³/mol. The smallest absolute Gasteiger partial charge is 0.389 e. The maximum absolute atomic E-state index is 12.4. The van der Waals surface area contributed by atoms with Crippen LogP contribution in [0, 0.1) is 0 Å². The highest BCUT2D eigenvalue weighted by Crippen LogP contribution is 2.31. The van der Waals surface area contributed by atoms with Gasteiger partial charge >= 0.3 is 24.1 Å². The molecule has 0 saturated carbocycles. The molecule has 46 heavy (non-hydrogen) atoms. The van der Waals surface area contributed by atoms with Gasteiger partial charge in [0, 0.05) is 12.5 Å². The first-order valence-electron chi connectivity index (χ1n) is 14.4. The van der Waals surface area contributed by atoms with Crippen molar-refractivity contribution in [1.29, 1.82) is 0 Å². The second-order valence-electron chi connectivity index (χ2n) is 10.1. The summed E-state index contributed by atoms with van der Waals surface area (Å²) in [5, 5.41) is 9.04. The Morgan fingerprint density at radius 2 is 1.33 bits per heavy atom. The van der Waals surface area contributed by atoms with Crippen LogP contribution in [0.4, 0.5) is 24.5 Å². The van der Waals surface area contributed by atoms with Crippen LogP contribution in [0.3, 0.4) is 0 Å². The van der Waals surface area contributed by atoms with Crippen molar-refractivity contribution in [2.75, 3.05) is 31.3 Å². The number of hydrogen-bond donors (Lipinski definition) is 3. The van der Waals surface area contributed by atoms with Crippen LogP contribution in [0.1, 0.15) is 64.8 Å². The van der Waals surface area contributed by atoms with E-state index in [1.165, 1.54) is 42.5 Å². The van der Waals surface area contributed by atoms with Gasteiger partial charge in [-0.3, -0.25) is 0 Å². The Labute approximate surface area is 263 Å². The number of halogens is 3. The minimum Gasteiger partial charge on any atom is -0.494 e. The van der Waals surface area contributed by atoms with Crippen LogP contribution in [-0.2, 0) is 9.53 Å². The molecule has 246 valence electrons. The molecule has 3 rings (SSSR count). The number of benzene rings is 3. The summed E-state index contributed by atoms with van der Waals surface area (Å²) in [5.41, 5.74) is 12.9. The molecule has 0 aromatic heterocycles. The fraction of sp³-hybridized carbons (Fsp3) is 0.303. The summed E-state index contributed by atoms with van der Waals surface area (Å²) in [6.45, 7) is 0.508. The largest absolute Gasteiger partial charge is 0.494 e. The summed E-state index contributed by atoms with van der Waals surface area (Å²) >= 11 is 0. The van der Waals surface area contributed by atoms with Gasteiger partial charge in [0.2, 0.25) is 0 Å². The summed E-state index contributed by atoms with van der Waals surface area (Å²) < 4.78 is 58.0. The zero-order valence-corrected chi connectivity index (χ0v) is 24.9. The van der Waals surface area contributed by atoms with Gasteiger partial charge < -0.3 is 35.5 Å². The number of nitrogen functional groups attached to an aromatic ring is 2. The van der Waals surface area contributed by atoms with Crippen molar-refractivity contribution >= 4 is 35.4 Å². The molecule has 13 heteroatoms. The first-order valence-corrected chi connectivity index (χ1v) is 14.4. The molecule has 0 heterocycles. The number of carboxylic acids is 1. The van der Waals surface area contributed by atoms with E-state index in [0.29, 0.717) is 30.8 Å². The molecule has 5 N–H and O–H groups in total. The fourth-order valence-corrected chi connectivity index (χ4v) is 4.04. The quantitative estimate of drug-likeness (QED) is 0.0475. The molecular formula is C33H35F3N2O8. The topological polar surface area (TPSA) is 160 Å².